The molecule has 3 aromatic carbocycles. The molecule has 3 aromatic rings. The first-order valence-electron chi connectivity index (χ1n) is 15.0. The molecule has 1 saturated carbocycles. The highest BCUT2D eigenvalue weighted by Crippen LogP contribution is 2.34. The number of ether oxygens (including phenoxy) is 1. The molecule has 0 aromatic heterocycles. The summed E-state index contributed by atoms with van der Waals surface area (Å²) in [6.07, 6.45) is -6.89. The lowest BCUT2D eigenvalue weighted by Gasteiger charge is -2.36. The minimum Gasteiger partial charge on any atom is -0.495 e. The summed E-state index contributed by atoms with van der Waals surface area (Å²) in [7, 11) is -2.37. The Morgan fingerprint density at radius 2 is 1.49 bits per heavy atom. The number of carboxylic acid groups (broad SMARTS) is 1. The molecular weight excluding hydrogens is 682 g/mol. The zero-order valence-electron chi connectivity index (χ0n) is 26.1. The highest BCUT2D eigenvalue weighted by Gasteiger charge is 2.38. The summed E-state index contributed by atoms with van der Waals surface area (Å²) in [6.45, 7) is 4.56. The number of benzene rings is 3. The van der Waals surface area contributed by atoms with Gasteiger partial charge in [-0.05, 0) is 78.9 Å². The molecule has 0 atom stereocenters. The zero-order valence-corrected chi connectivity index (χ0v) is 27.0. The molecule has 1 aliphatic heterocycles. The Balaban J connectivity index is 0.000000698. The number of methoxy groups -OCH3 is 1. The van der Waals surface area contributed by atoms with Crippen LogP contribution in [0.5, 0.6) is 5.75 Å². The predicted molar refractivity (Wildman–Crippen MR) is 168 cm³/mol. The Hall–Kier alpha value is -4.51. The van der Waals surface area contributed by atoms with Gasteiger partial charge >= 0.3 is 18.3 Å². The van der Waals surface area contributed by atoms with Gasteiger partial charge in [-0.1, -0.05) is 12.1 Å². The van der Waals surface area contributed by atoms with Gasteiger partial charge < -0.3 is 20.1 Å². The van der Waals surface area contributed by atoms with Crippen LogP contribution >= 0.6 is 0 Å². The van der Waals surface area contributed by atoms with Crippen LogP contribution in [-0.4, -0.2) is 76.3 Å². The van der Waals surface area contributed by atoms with E-state index >= 15 is 0 Å². The molecular formula is C32H34F6N4O6S. The fraction of sp³-hybridized carbons (Fsp3) is 0.375. The van der Waals surface area contributed by atoms with E-state index in [0.29, 0.717) is 11.3 Å². The number of carbonyl (C=O) groups excluding carboxylic acids is 1. The van der Waals surface area contributed by atoms with Crippen LogP contribution in [0.3, 0.4) is 0 Å². The first-order valence-corrected chi connectivity index (χ1v) is 16.5. The van der Waals surface area contributed by atoms with Crippen LogP contribution in [0.15, 0.2) is 71.6 Å². The number of hydrogen-bond donors (Lipinski definition) is 3. The van der Waals surface area contributed by atoms with E-state index in [0.717, 1.165) is 56.5 Å². The molecule has 2 fully saturated rings. The summed E-state index contributed by atoms with van der Waals surface area (Å²) in [4.78, 5) is 26.1. The van der Waals surface area contributed by atoms with E-state index in [1.54, 1.807) is 19.2 Å². The number of halogens is 6. The molecule has 2 aliphatic rings. The fourth-order valence-corrected chi connectivity index (χ4v) is 6.00. The van der Waals surface area contributed by atoms with Gasteiger partial charge in [0.1, 0.15) is 5.75 Å². The minimum atomic E-state index is -5.08. The molecule has 1 amide bonds. The molecule has 1 heterocycles. The molecule has 3 N–H and O–H groups in total. The van der Waals surface area contributed by atoms with Gasteiger partial charge in [0.25, 0.3) is 15.9 Å². The van der Waals surface area contributed by atoms with Crippen LogP contribution in [0.25, 0.3) is 0 Å². The second-order valence-corrected chi connectivity index (χ2v) is 13.1. The monoisotopic (exact) mass is 716 g/mol. The van der Waals surface area contributed by atoms with Crippen molar-refractivity contribution >= 4 is 33.3 Å². The Kier molecular flexibility index (Phi) is 11.7. The van der Waals surface area contributed by atoms with E-state index in [-0.39, 0.29) is 22.7 Å². The predicted octanol–water partition coefficient (Wildman–Crippen LogP) is 5.61. The van der Waals surface area contributed by atoms with Gasteiger partial charge in [-0.25, -0.2) is 13.2 Å². The standard InChI is InChI=1S/C30H33F3N4O4S.C2HF3O2/c1-41-28-13-12-26(18-27(28)37-16-14-36(15-17-37)20-22-2-3-22)42(39,40)35-25-10-6-23(7-11-25)29(38)34-19-21-4-8-24(9-5-21)30(31,32)33;3-2(4,5)1(6)7/h4-13,18,22,35H,2-3,14-17,19-20H2,1H3,(H,34,38);(H,6,7). The number of anilines is 2. The maximum absolute atomic E-state index is 13.3. The van der Waals surface area contributed by atoms with Crippen molar-refractivity contribution in [3.8, 4) is 5.75 Å². The molecule has 0 unspecified atom stereocenters. The Bertz CT molecular complexity index is 1710. The van der Waals surface area contributed by atoms with Crippen LogP contribution < -0.4 is 19.7 Å². The summed E-state index contributed by atoms with van der Waals surface area (Å²) in [5, 5.41) is 9.78. The lowest BCUT2D eigenvalue weighted by atomic mass is 10.1. The van der Waals surface area contributed by atoms with Crippen molar-refractivity contribution in [1.82, 2.24) is 10.2 Å². The second kappa shape index (κ2) is 15.4. The summed E-state index contributed by atoms with van der Waals surface area (Å²) >= 11 is 0. The summed E-state index contributed by atoms with van der Waals surface area (Å²) in [6, 6.07) is 15.2. The maximum atomic E-state index is 13.3. The van der Waals surface area contributed by atoms with Crippen molar-refractivity contribution in [2.75, 3.05) is 49.5 Å². The van der Waals surface area contributed by atoms with Crippen molar-refractivity contribution in [1.29, 1.82) is 0 Å². The molecule has 17 heteroatoms. The average molecular weight is 717 g/mol. The molecule has 49 heavy (non-hydrogen) atoms. The molecule has 5 rings (SSSR count). The first kappa shape index (κ1) is 37.3. The van der Waals surface area contributed by atoms with Crippen molar-refractivity contribution in [2.45, 2.75) is 36.6 Å². The molecule has 0 spiro atoms. The van der Waals surface area contributed by atoms with Crippen molar-refractivity contribution in [3.05, 3.63) is 83.4 Å². The fourth-order valence-electron chi connectivity index (χ4n) is 4.92. The smallest absolute Gasteiger partial charge is 0.490 e. The average Bonchev–Trinajstić information content (AvgIpc) is 3.87. The van der Waals surface area contributed by atoms with Crippen molar-refractivity contribution in [3.63, 3.8) is 0 Å². The van der Waals surface area contributed by atoms with Crippen LogP contribution in [0.2, 0.25) is 0 Å². The highest BCUT2D eigenvalue weighted by atomic mass is 32.2. The van der Waals surface area contributed by atoms with Gasteiger partial charge in [0.05, 0.1) is 23.3 Å². The van der Waals surface area contributed by atoms with E-state index in [1.165, 1.54) is 55.3 Å². The molecule has 1 saturated heterocycles. The Morgan fingerprint density at radius 3 is 2.00 bits per heavy atom. The van der Waals surface area contributed by atoms with E-state index < -0.39 is 39.8 Å². The number of carbonyl (C=O) groups is 2. The number of piperazine rings is 1. The number of rotatable bonds is 10. The maximum Gasteiger partial charge on any atom is 0.490 e. The van der Waals surface area contributed by atoms with Crippen LogP contribution in [0, 0.1) is 5.92 Å². The molecule has 266 valence electrons. The number of aliphatic carboxylic acids is 1. The number of hydrogen-bond acceptors (Lipinski definition) is 7. The van der Waals surface area contributed by atoms with Gasteiger partial charge in [0, 0.05) is 50.5 Å². The summed E-state index contributed by atoms with van der Waals surface area (Å²) in [5.74, 6) is -1.77. The molecule has 1 aliphatic carbocycles. The van der Waals surface area contributed by atoms with Gasteiger partial charge in [0.2, 0.25) is 0 Å². The molecule has 0 bridgehead atoms. The van der Waals surface area contributed by atoms with Gasteiger partial charge in [-0.15, -0.1) is 0 Å². The van der Waals surface area contributed by atoms with Gasteiger partial charge in [0.15, 0.2) is 0 Å². The van der Waals surface area contributed by atoms with Crippen LogP contribution in [0.4, 0.5) is 37.7 Å². The van der Waals surface area contributed by atoms with E-state index in [4.69, 9.17) is 14.6 Å². The van der Waals surface area contributed by atoms with Gasteiger partial charge in [-0.2, -0.15) is 26.3 Å². The number of nitrogens with one attached hydrogen (secondary N) is 2. The number of carboxylic acids is 1. The first-order chi connectivity index (χ1) is 23.0. The number of nitrogens with zero attached hydrogens (tertiary/aromatic N) is 2. The van der Waals surface area contributed by atoms with Crippen LogP contribution in [-0.2, 0) is 27.5 Å². The Morgan fingerprint density at radius 1 is 0.898 bits per heavy atom. The third-order valence-electron chi connectivity index (χ3n) is 7.76. The highest BCUT2D eigenvalue weighted by molar-refractivity contribution is 7.92. The lowest BCUT2D eigenvalue weighted by Crippen LogP contribution is -2.47. The topological polar surface area (TPSA) is 128 Å². The molecule has 10 nitrogen and oxygen atoms in total. The minimum absolute atomic E-state index is 0.0424. The Labute approximate surface area is 278 Å². The zero-order chi connectivity index (χ0) is 36.0. The number of sulfonamides is 1. The third-order valence-corrected chi connectivity index (χ3v) is 9.14. The summed E-state index contributed by atoms with van der Waals surface area (Å²) in [5.41, 5.74) is 1.03. The van der Waals surface area contributed by atoms with E-state index in [2.05, 4.69) is 19.8 Å². The van der Waals surface area contributed by atoms with Crippen molar-refractivity contribution < 1.29 is 54.2 Å². The van der Waals surface area contributed by atoms with Gasteiger partial charge in [-0.3, -0.25) is 14.4 Å². The van der Waals surface area contributed by atoms with E-state index in [9.17, 15) is 39.6 Å². The largest absolute Gasteiger partial charge is 0.495 e. The molecule has 0 radical (unpaired) electrons. The third kappa shape index (κ3) is 10.7. The second-order valence-electron chi connectivity index (χ2n) is 11.4. The SMILES string of the molecule is COc1ccc(S(=O)(=O)Nc2ccc(C(=O)NCc3ccc(C(F)(F)F)cc3)cc2)cc1N1CCN(CC2CC2)CC1.O=C(O)C(F)(F)F. The van der Waals surface area contributed by atoms with E-state index in [1.807, 2.05) is 0 Å². The number of amides is 1. The quantitative estimate of drug-likeness (QED) is 0.231. The van der Waals surface area contributed by atoms with Crippen LogP contribution in [0.1, 0.15) is 34.3 Å². The van der Waals surface area contributed by atoms with Crippen molar-refractivity contribution in [2.24, 2.45) is 5.92 Å². The summed E-state index contributed by atoms with van der Waals surface area (Å²) < 4.78 is 105. The number of alkyl halides is 6. The lowest BCUT2D eigenvalue weighted by molar-refractivity contribution is -0.192. The normalized spacial score (nSPS) is 15.5.